The van der Waals surface area contributed by atoms with E-state index < -0.39 is 17.8 Å². The SMILES string of the molecule is CCOc1cc(C=C2C(=O)N(c3ccccc3C)C(=O)N(c3ccccc3C)C2=O)ccc1OCc1ccc(Cl)cc1. The first-order valence-electron chi connectivity index (χ1n) is 13.5. The Labute approximate surface area is 249 Å². The smallest absolute Gasteiger partial charge is 0.343 e. The highest BCUT2D eigenvalue weighted by Crippen LogP contribution is 2.34. The molecule has 4 aromatic rings. The number of carbonyl (C=O) groups is 3. The quantitative estimate of drug-likeness (QED) is 0.159. The Bertz CT molecular complexity index is 1630. The van der Waals surface area contributed by atoms with Crippen LogP contribution in [0.5, 0.6) is 11.5 Å². The molecule has 0 spiro atoms. The molecule has 42 heavy (non-hydrogen) atoms. The Morgan fingerprint density at radius 1 is 0.714 bits per heavy atom. The van der Waals surface area contributed by atoms with E-state index in [0.29, 0.717) is 46.7 Å². The molecule has 8 heteroatoms. The Hall–Kier alpha value is -4.88. The van der Waals surface area contributed by atoms with Crippen molar-refractivity contribution in [1.82, 2.24) is 0 Å². The van der Waals surface area contributed by atoms with E-state index in [9.17, 15) is 14.4 Å². The summed E-state index contributed by atoms with van der Waals surface area (Å²) in [7, 11) is 0. The first-order chi connectivity index (χ1) is 20.3. The fraction of sp³-hybridized carbons (Fsp3) is 0.147. The van der Waals surface area contributed by atoms with Gasteiger partial charge < -0.3 is 9.47 Å². The van der Waals surface area contributed by atoms with Crippen LogP contribution in [0.4, 0.5) is 16.2 Å². The highest BCUT2D eigenvalue weighted by Gasteiger charge is 2.44. The molecule has 0 N–H and O–H groups in total. The minimum atomic E-state index is -0.730. The molecule has 0 radical (unpaired) electrons. The monoisotopic (exact) mass is 580 g/mol. The number of aryl methyl sites for hydroxylation is 2. The minimum absolute atomic E-state index is 0.154. The number of anilines is 2. The number of rotatable bonds is 8. The number of barbiturate groups is 1. The summed E-state index contributed by atoms with van der Waals surface area (Å²) in [5.74, 6) is -0.442. The number of para-hydroxylation sites is 2. The molecule has 212 valence electrons. The van der Waals surface area contributed by atoms with Crippen molar-refractivity contribution in [1.29, 1.82) is 0 Å². The van der Waals surface area contributed by atoms with Crippen LogP contribution in [0.15, 0.2) is 96.6 Å². The van der Waals surface area contributed by atoms with E-state index in [0.717, 1.165) is 26.5 Å². The van der Waals surface area contributed by atoms with Crippen LogP contribution in [0.2, 0.25) is 5.02 Å². The van der Waals surface area contributed by atoms with Gasteiger partial charge in [0.25, 0.3) is 11.8 Å². The van der Waals surface area contributed by atoms with Crippen LogP contribution < -0.4 is 19.3 Å². The summed E-state index contributed by atoms with van der Waals surface area (Å²) < 4.78 is 11.8. The molecule has 1 aliphatic heterocycles. The molecular weight excluding hydrogens is 552 g/mol. The topological polar surface area (TPSA) is 76.2 Å². The largest absolute Gasteiger partial charge is 0.490 e. The molecule has 0 saturated carbocycles. The molecule has 5 rings (SSSR count). The predicted molar refractivity (Wildman–Crippen MR) is 164 cm³/mol. The van der Waals surface area contributed by atoms with Gasteiger partial charge in [-0.2, -0.15) is 0 Å². The van der Waals surface area contributed by atoms with Crippen LogP contribution in [0, 0.1) is 13.8 Å². The number of hydrogen-bond acceptors (Lipinski definition) is 5. The van der Waals surface area contributed by atoms with Crippen molar-refractivity contribution in [3.63, 3.8) is 0 Å². The molecular formula is C34H29ClN2O5. The Morgan fingerprint density at radius 3 is 1.83 bits per heavy atom. The van der Waals surface area contributed by atoms with Crippen molar-refractivity contribution in [2.24, 2.45) is 0 Å². The maximum absolute atomic E-state index is 13.9. The average Bonchev–Trinajstić information content (AvgIpc) is 2.98. The highest BCUT2D eigenvalue weighted by molar-refractivity contribution is 6.46. The second kappa shape index (κ2) is 12.3. The number of benzene rings is 4. The summed E-state index contributed by atoms with van der Waals surface area (Å²) in [5.41, 5.74) is 3.58. The van der Waals surface area contributed by atoms with Crippen LogP contribution in [0.25, 0.3) is 6.08 Å². The van der Waals surface area contributed by atoms with Gasteiger partial charge in [0.15, 0.2) is 11.5 Å². The number of nitrogens with zero attached hydrogens (tertiary/aromatic N) is 2. The third-order valence-corrected chi connectivity index (χ3v) is 7.10. The van der Waals surface area contributed by atoms with Crippen molar-refractivity contribution >= 4 is 46.9 Å². The lowest BCUT2D eigenvalue weighted by Gasteiger charge is -2.35. The van der Waals surface area contributed by atoms with E-state index in [1.54, 1.807) is 54.6 Å². The lowest BCUT2D eigenvalue weighted by molar-refractivity contribution is -0.121. The summed E-state index contributed by atoms with van der Waals surface area (Å²) in [6, 6.07) is 25.9. The number of carbonyl (C=O) groups excluding carboxylic acids is 3. The van der Waals surface area contributed by atoms with Crippen molar-refractivity contribution in [3.05, 3.63) is 124 Å². The molecule has 0 unspecified atom stereocenters. The zero-order chi connectivity index (χ0) is 29.8. The third kappa shape index (κ3) is 5.78. The predicted octanol–water partition coefficient (Wildman–Crippen LogP) is 7.52. The Morgan fingerprint density at radius 2 is 1.29 bits per heavy atom. The van der Waals surface area contributed by atoms with Gasteiger partial charge in [-0.05, 0) is 85.5 Å². The second-order valence-electron chi connectivity index (χ2n) is 9.75. The van der Waals surface area contributed by atoms with Gasteiger partial charge in [0, 0.05) is 5.02 Å². The first kappa shape index (κ1) is 28.6. The number of halogens is 1. The van der Waals surface area contributed by atoms with Crippen molar-refractivity contribution in [2.75, 3.05) is 16.4 Å². The lowest BCUT2D eigenvalue weighted by Crippen LogP contribution is -2.57. The van der Waals surface area contributed by atoms with Crippen LogP contribution in [0.3, 0.4) is 0 Å². The van der Waals surface area contributed by atoms with Crippen LogP contribution in [-0.2, 0) is 16.2 Å². The van der Waals surface area contributed by atoms with Gasteiger partial charge in [0.05, 0.1) is 18.0 Å². The molecule has 0 aliphatic carbocycles. The van der Waals surface area contributed by atoms with Gasteiger partial charge in [-0.3, -0.25) is 9.59 Å². The third-order valence-electron chi connectivity index (χ3n) is 6.85. The first-order valence-corrected chi connectivity index (χ1v) is 13.9. The number of hydrogen-bond donors (Lipinski definition) is 0. The Balaban J connectivity index is 1.55. The zero-order valence-corrected chi connectivity index (χ0v) is 24.2. The van der Waals surface area contributed by atoms with Crippen molar-refractivity contribution < 1.29 is 23.9 Å². The molecule has 0 atom stereocenters. The minimum Gasteiger partial charge on any atom is -0.490 e. The van der Waals surface area contributed by atoms with Crippen molar-refractivity contribution in [2.45, 2.75) is 27.4 Å². The molecule has 1 saturated heterocycles. The molecule has 1 fully saturated rings. The highest BCUT2D eigenvalue weighted by atomic mass is 35.5. The average molecular weight is 581 g/mol. The fourth-order valence-electron chi connectivity index (χ4n) is 4.69. The number of ether oxygens (including phenoxy) is 2. The van der Waals surface area contributed by atoms with E-state index in [4.69, 9.17) is 21.1 Å². The molecule has 7 nitrogen and oxygen atoms in total. The van der Waals surface area contributed by atoms with Crippen LogP contribution in [-0.4, -0.2) is 24.5 Å². The van der Waals surface area contributed by atoms with Gasteiger partial charge >= 0.3 is 6.03 Å². The summed E-state index contributed by atoms with van der Waals surface area (Å²) in [4.78, 5) is 43.6. The van der Waals surface area contributed by atoms with Gasteiger partial charge in [0.2, 0.25) is 0 Å². The number of imide groups is 2. The van der Waals surface area contributed by atoms with E-state index in [2.05, 4.69) is 0 Å². The fourth-order valence-corrected chi connectivity index (χ4v) is 4.82. The normalized spacial score (nSPS) is 13.4. The summed E-state index contributed by atoms with van der Waals surface area (Å²) >= 11 is 5.99. The van der Waals surface area contributed by atoms with E-state index in [1.165, 1.54) is 6.08 Å². The van der Waals surface area contributed by atoms with Crippen LogP contribution in [0.1, 0.15) is 29.2 Å². The van der Waals surface area contributed by atoms with Gasteiger partial charge in [-0.15, -0.1) is 0 Å². The van der Waals surface area contributed by atoms with E-state index >= 15 is 0 Å². The molecule has 0 aromatic heterocycles. The molecule has 1 heterocycles. The molecule has 1 aliphatic rings. The van der Waals surface area contributed by atoms with Gasteiger partial charge in [-0.25, -0.2) is 14.6 Å². The summed E-state index contributed by atoms with van der Waals surface area (Å²) in [6.07, 6.45) is 1.49. The second-order valence-corrected chi connectivity index (χ2v) is 10.2. The van der Waals surface area contributed by atoms with Gasteiger partial charge in [0.1, 0.15) is 12.2 Å². The standard InChI is InChI=1S/C34H29ClN2O5/c1-4-41-31-20-25(15-18-30(31)42-21-24-13-16-26(35)17-14-24)19-27-32(38)36(28-11-7-5-9-22(28)2)34(40)37(33(27)39)29-12-8-6-10-23(29)3/h5-20H,4,21H2,1-3H3. The Kier molecular flexibility index (Phi) is 8.41. The summed E-state index contributed by atoms with van der Waals surface area (Å²) in [5, 5.41) is 0.640. The lowest BCUT2D eigenvalue weighted by atomic mass is 10.0. The van der Waals surface area contributed by atoms with E-state index in [1.807, 2.05) is 57.2 Å². The molecule has 4 amide bonds. The maximum Gasteiger partial charge on any atom is 0.343 e. The number of urea groups is 1. The maximum atomic E-state index is 13.9. The number of amides is 4. The molecule has 0 bridgehead atoms. The van der Waals surface area contributed by atoms with Gasteiger partial charge in [-0.1, -0.05) is 66.2 Å². The molecule has 4 aromatic carbocycles. The van der Waals surface area contributed by atoms with Crippen LogP contribution >= 0.6 is 11.6 Å². The van der Waals surface area contributed by atoms with Crippen molar-refractivity contribution in [3.8, 4) is 11.5 Å². The zero-order valence-electron chi connectivity index (χ0n) is 23.5. The summed E-state index contributed by atoms with van der Waals surface area (Å²) in [6.45, 7) is 6.16. The van der Waals surface area contributed by atoms with E-state index in [-0.39, 0.29) is 5.57 Å².